The number of aromatic nitrogens is 2. The van der Waals surface area contributed by atoms with E-state index in [1.165, 1.54) is 6.33 Å². The van der Waals surface area contributed by atoms with Gasteiger partial charge >= 0.3 is 0 Å². The molecule has 1 aliphatic heterocycles. The van der Waals surface area contributed by atoms with Crippen LogP contribution >= 0.6 is 34.8 Å². The molecule has 0 aliphatic carbocycles. The van der Waals surface area contributed by atoms with Crippen molar-refractivity contribution in [2.75, 3.05) is 30.8 Å². The number of rotatable bonds is 4. The van der Waals surface area contributed by atoms with Crippen molar-refractivity contribution in [2.24, 2.45) is 0 Å². The molecule has 3 N–H and O–H groups in total. The molecule has 0 atom stereocenters. The Morgan fingerprint density at radius 3 is 2.62 bits per heavy atom. The molecule has 0 saturated carbocycles. The fraction of sp³-hybridized carbons (Fsp3) is 0.375. The number of hydrogen-bond donors (Lipinski definition) is 2. The zero-order valence-corrected chi connectivity index (χ0v) is 15.1. The van der Waals surface area contributed by atoms with Crippen molar-refractivity contribution in [1.29, 1.82) is 0 Å². The molecule has 0 amide bonds. The van der Waals surface area contributed by atoms with Gasteiger partial charge in [0.15, 0.2) is 0 Å². The van der Waals surface area contributed by atoms with E-state index in [0.717, 1.165) is 18.4 Å². The lowest BCUT2D eigenvalue weighted by molar-refractivity contribution is 0.0544. The first-order valence-corrected chi connectivity index (χ1v) is 8.68. The van der Waals surface area contributed by atoms with Gasteiger partial charge in [-0.3, -0.25) is 0 Å². The minimum absolute atomic E-state index is 0.192. The highest BCUT2D eigenvalue weighted by atomic mass is 35.5. The predicted molar refractivity (Wildman–Crippen MR) is 98.1 cm³/mol. The van der Waals surface area contributed by atoms with Crippen molar-refractivity contribution in [3.05, 3.63) is 45.2 Å². The van der Waals surface area contributed by atoms with Crippen LogP contribution in [0.3, 0.4) is 0 Å². The Morgan fingerprint density at radius 1 is 1.17 bits per heavy atom. The Kier molecular flexibility index (Phi) is 5.35. The molecule has 3 rings (SSSR count). The lowest BCUT2D eigenvalue weighted by Gasteiger charge is -2.38. The SMILES string of the molecule is Nc1ncnc(NCC2(c3ccc(Cl)cc3Cl)CCOCC2)c1Cl. The van der Waals surface area contributed by atoms with Gasteiger partial charge in [-0.2, -0.15) is 0 Å². The van der Waals surface area contributed by atoms with Crippen LogP contribution in [-0.4, -0.2) is 29.7 Å². The monoisotopic (exact) mass is 386 g/mol. The van der Waals surface area contributed by atoms with E-state index >= 15 is 0 Å². The van der Waals surface area contributed by atoms with E-state index in [2.05, 4.69) is 15.3 Å². The summed E-state index contributed by atoms with van der Waals surface area (Å²) < 4.78 is 5.54. The second-order valence-corrected chi connectivity index (χ2v) is 7.01. The quantitative estimate of drug-likeness (QED) is 0.823. The first-order valence-electron chi connectivity index (χ1n) is 7.55. The third-order valence-electron chi connectivity index (χ3n) is 4.36. The number of ether oxygens (including phenoxy) is 1. The predicted octanol–water partition coefficient (Wildman–Crippen LogP) is 4.18. The summed E-state index contributed by atoms with van der Waals surface area (Å²) in [4.78, 5) is 8.04. The Labute approximate surface area is 155 Å². The summed E-state index contributed by atoms with van der Waals surface area (Å²) in [6, 6.07) is 5.61. The molecule has 5 nitrogen and oxygen atoms in total. The van der Waals surface area contributed by atoms with Gasteiger partial charge in [-0.15, -0.1) is 0 Å². The molecule has 1 aromatic carbocycles. The summed E-state index contributed by atoms with van der Waals surface area (Å²) in [6.45, 7) is 1.94. The molecule has 24 heavy (non-hydrogen) atoms. The lowest BCUT2D eigenvalue weighted by atomic mass is 9.74. The molecule has 2 heterocycles. The van der Waals surface area contributed by atoms with Crippen molar-refractivity contribution in [1.82, 2.24) is 9.97 Å². The molecular weight excluding hydrogens is 371 g/mol. The maximum absolute atomic E-state index is 6.47. The molecule has 1 saturated heterocycles. The molecule has 0 unspecified atom stereocenters. The van der Waals surface area contributed by atoms with E-state index in [9.17, 15) is 0 Å². The van der Waals surface area contributed by atoms with Crippen molar-refractivity contribution in [3.63, 3.8) is 0 Å². The van der Waals surface area contributed by atoms with E-state index < -0.39 is 0 Å². The number of nitrogens with one attached hydrogen (secondary N) is 1. The normalized spacial score (nSPS) is 16.8. The lowest BCUT2D eigenvalue weighted by Crippen LogP contribution is -2.40. The van der Waals surface area contributed by atoms with Gasteiger partial charge in [0, 0.05) is 35.2 Å². The maximum Gasteiger partial charge on any atom is 0.150 e. The number of nitrogens with zero attached hydrogens (tertiary/aromatic N) is 2. The van der Waals surface area contributed by atoms with Gasteiger partial charge in [-0.05, 0) is 30.5 Å². The van der Waals surface area contributed by atoms with Crippen LogP contribution in [0.1, 0.15) is 18.4 Å². The molecule has 8 heteroatoms. The maximum atomic E-state index is 6.47. The molecule has 1 aromatic heterocycles. The summed E-state index contributed by atoms with van der Waals surface area (Å²) in [5.74, 6) is 0.764. The van der Waals surface area contributed by atoms with Crippen molar-refractivity contribution < 1.29 is 4.74 Å². The number of hydrogen-bond acceptors (Lipinski definition) is 5. The van der Waals surface area contributed by atoms with Gasteiger partial charge in [0.2, 0.25) is 0 Å². The van der Waals surface area contributed by atoms with E-state index in [-0.39, 0.29) is 11.2 Å². The minimum atomic E-state index is -0.192. The molecule has 1 aliphatic rings. The van der Waals surface area contributed by atoms with Gasteiger partial charge in [-0.25, -0.2) is 9.97 Å². The number of anilines is 2. The average Bonchev–Trinajstić information content (AvgIpc) is 2.57. The Bertz CT molecular complexity index is 735. The first-order chi connectivity index (χ1) is 11.5. The smallest absolute Gasteiger partial charge is 0.150 e. The molecule has 0 spiro atoms. The molecular formula is C16H17Cl3N4O. The van der Waals surface area contributed by atoms with Crippen molar-refractivity contribution in [2.45, 2.75) is 18.3 Å². The van der Waals surface area contributed by atoms with Crippen LogP contribution in [0.2, 0.25) is 15.1 Å². The fourth-order valence-electron chi connectivity index (χ4n) is 2.98. The molecule has 1 fully saturated rings. The summed E-state index contributed by atoms with van der Waals surface area (Å²) in [5, 5.41) is 4.88. The molecule has 0 radical (unpaired) electrons. The largest absolute Gasteiger partial charge is 0.382 e. The van der Waals surface area contributed by atoms with E-state index in [1.54, 1.807) is 6.07 Å². The molecule has 128 valence electrons. The Morgan fingerprint density at radius 2 is 1.92 bits per heavy atom. The summed E-state index contributed by atoms with van der Waals surface area (Å²) >= 11 is 18.7. The third-order valence-corrected chi connectivity index (χ3v) is 5.28. The minimum Gasteiger partial charge on any atom is -0.382 e. The number of halogens is 3. The number of nitrogens with two attached hydrogens (primary N) is 1. The van der Waals surface area contributed by atoms with Crippen LogP contribution in [0.5, 0.6) is 0 Å². The van der Waals surface area contributed by atoms with Gasteiger partial charge in [0.25, 0.3) is 0 Å². The van der Waals surface area contributed by atoms with Crippen LogP contribution < -0.4 is 11.1 Å². The van der Waals surface area contributed by atoms with Crippen LogP contribution in [0.15, 0.2) is 24.5 Å². The highest BCUT2D eigenvalue weighted by molar-refractivity contribution is 6.35. The van der Waals surface area contributed by atoms with Crippen molar-refractivity contribution in [3.8, 4) is 0 Å². The summed E-state index contributed by atoms with van der Waals surface area (Å²) in [5.41, 5.74) is 6.59. The standard InChI is InChI=1S/C16H17Cl3N4O/c17-10-1-2-11(12(18)7-10)16(3-5-24-6-4-16)8-21-15-13(19)14(20)22-9-23-15/h1-2,7,9H,3-6,8H2,(H3,20,21,22,23). The topological polar surface area (TPSA) is 73.1 Å². The van der Waals surface area contributed by atoms with Crippen molar-refractivity contribution >= 4 is 46.4 Å². The van der Waals surface area contributed by atoms with Gasteiger partial charge < -0.3 is 15.8 Å². The zero-order valence-electron chi connectivity index (χ0n) is 12.9. The fourth-order valence-corrected chi connectivity index (χ4v) is 3.76. The Hall–Kier alpha value is -1.27. The van der Waals surface area contributed by atoms with Crippen LogP contribution in [-0.2, 0) is 10.2 Å². The number of benzene rings is 1. The van der Waals surface area contributed by atoms with E-state index in [1.807, 2.05) is 12.1 Å². The Balaban J connectivity index is 1.90. The van der Waals surface area contributed by atoms with Crippen LogP contribution in [0.25, 0.3) is 0 Å². The third kappa shape index (κ3) is 3.54. The molecule has 0 bridgehead atoms. The summed E-state index contributed by atoms with van der Waals surface area (Å²) in [6.07, 6.45) is 3.05. The number of nitrogen functional groups attached to an aromatic ring is 1. The van der Waals surface area contributed by atoms with Crippen LogP contribution in [0.4, 0.5) is 11.6 Å². The van der Waals surface area contributed by atoms with E-state index in [4.69, 9.17) is 45.3 Å². The highest BCUT2D eigenvalue weighted by Crippen LogP contribution is 2.40. The van der Waals surface area contributed by atoms with Gasteiger partial charge in [0.05, 0.1) is 0 Å². The van der Waals surface area contributed by atoms with Gasteiger partial charge in [0.1, 0.15) is 23.0 Å². The van der Waals surface area contributed by atoms with Gasteiger partial charge in [-0.1, -0.05) is 40.9 Å². The second-order valence-electron chi connectivity index (χ2n) is 5.79. The second kappa shape index (κ2) is 7.31. The first kappa shape index (κ1) is 17.5. The van der Waals surface area contributed by atoms with E-state index in [0.29, 0.717) is 40.6 Å². The molecule has 2 aromatic rings. The summed E-state index contributed by atoms with van der Waals surface area (Å²) in [7, 11) is 0. The zero-order chi connectivity index (χ0) is 17.2. The average molecular weight is 388 g/mol. The highest BCUT2D eigenvalue weighted by Gasteiger charge is 2.36. The van der Waals surface area contributed by atoms with Crippen LogP contribution in [0, 0.1) is 0 Å².